The van der Waals surface area contributed by atoms with E-state index in [1.54, 1.807) is 0 Å². The Kier molecular flexibility index (Phi) is 9.50. The topological polar surface area (TPSA) is 57.5 Å². The van der Waals surface area contributed by atoms with Gasteiger partial charge < -0.3 is 10.2 Å². The number of hydrogen-bond donors (Lipinski definition) is 2. The monoisotopic (exact) mass is 436 g/mol. The van der Waals surface area contributed by atoms with E-state index in [1.807, 2.05) is 0 Å². The summed E-state index contributed by atoms with van der Waals surface area (Å²) in [7, 11) is 0. The molecule has 3 heteroatoms. The number of carboxylic acid groups (broad SMARTS) is 1. The van der Waals surface area contributed by atoms with E-state index < -0.39 is 5.97 Å². The molecular weight excluding hydrogens is 384 g/mol. The zero-order valence-electron chi connectivity index (χ0n) is 21.6. The lowest BCUT2D eigenvalue weighted by molar-refractivity contribution is -0.137. The Morgan fingerprint density at radius 3 is 2.35 bits per heavy atom. The normalized spacial score (nSPS) is 34.2. The third-order valence-corrected chi connectivity index (χ3v) is 9.98. The van der Waals surface area contributed by atoms with Crippen LogP contribution in [0.4, 0.5) is 0 Å². The molecule has 3 nitrogen and oxygen atoms in total. The highest BCUT2D eigenvalue weighted by atomic mass is 16.4. The van der Waals surface area contributed by atoms with Gasteiger partial charge in [0.15, 0.2) is 0 Å². The molecule has 0 bridgehead atoms. The van der Waals surface area contributed by atoms with E-state index in [1.165, 1.54) is 38.5 Å². The summed E-state index contributed by atoms with van der Waals surface area (Å²) in [4.78, 5) is 11.2. The van der Waals surface area contributed by atoms with Crippen molar-refractivity contribution in [3.8, 4) is 0 Å². The highest BCUT2D eigenvalue weighted by Gasteiger charge is 2.56. The molecule has 0 spiro atoms. The van der Waals surface area contributed by atoms with Crippen molar-refractivity contribution in [1.29, 1.82) is 0 Å². The van der Waals surface area contributed by atoms with Gasteiger partial charge in [-0.1, -0.05) is 54.9 Å². The molecule has 2 aliphatic rings. The molecule has 2 rings (SSSR count). The molecule has 0 heterocycles. The Labute approximate surface area is 192 Å². The summed E-state index contributed by atoms with van der Waals surface area (Å²) < 4.78 is 0. The van der Waals surface area contributed by atoms with Gasteiger partial charge in [0.05, 0.1) is 6.10 Å². The first-order chi connectivity index (χ1) is 14.5. The van der Waals surface area contributed by atoms with Gasteiger partial charge in [0.2, 0.25) is 0 Å². The standard InChI is InChI=1S/C28H52O3/c1-8-19(3)18-22-24(27(5,6)16-14-21(29)9-2)15-17-28(7)23(11-12-25(22)28)20(4)10-13-26(30)31/h19-25,29H,8-18H2,1-7H3,(H,30,31)/t19-,20+,21-,22?,23+,24?,25?,28+/m0/s1. The molecule has 2 fully saturated rings. The smallest absolute Gasteiger partial charge is 0.303 e. The summed E-state index contributed by atoms with van der Waals surface area (Å²) in [5.74, 6) is 3.54. The summed E-state index contributed by atoms with van der Waals surface area (Å²) >= 11 is 0. The van der Waals surface area contributed by atoms with Crippen LogP contribution in [0.3, 0.4) is 0 Å². The Morgan fingerprint density at radius 1 is 1.10 bits per heavy atom. The van der Waals surface area contributed by atoms with E-state index in [4.69, 9.17) is 0 Å². The molecule has 2 aliphatic carbocycles. The highest BCUT2D eigenvalue weighted by Crippen LogP contribution is 2.64. The Balaban J connectivity index is 2.23. The number of carbonyl (C=O) groups is 1. The second kappa shape index (κ2) is 11.0. The maximum atomic E-state index is 11.2. The van der Waals surface area contributed by atoms with Crippen molar-refractivity contribution in [2.24, 2.45) is 46.3 Å². The van der Waals surface area contributed by atoms with Gasteiger partial charge in [-0.3, -0.25) is 4.79 Å². The Hall–Kier alpha value is -0.570. The lowest BCUT2D eigenvalue weighted by Crippen LogP contribution is -2.47. The fraction of sp³-hybridized carbons (Fsp3) is 0.964. The molecule has 2 N–H and O–H groups in total. The summed E-state index contributed by atoms with van der Waals surface area (Å²) in [6.07, 6.45) is 11.6. The first kappa shape index (κ1) is 26.7. The van der Waals surface area contributed by atoms with Crippen LogP contribution in [0.25, 0.3) is 0 Å². The van der Waals surface area contributed by atoms with Gasteiger partial charge in [0.1, 0.15) is 0 Å². The average Bonchev–Trinajstić information content (AvgIpc) is 3.07. The van der Waals surface area contributed by atoms with Crippen molar-refractivity contribution in [2.75, 3.05) is 0 Å². The van der Waals surface area contributed by atoms with Crippen molar-refractivity contribution >= 4 is 5.97 Å². The Bertz CT molecular complexity index is 571. The molecule has 0 aromatic heterocycles. The van der Waals surface area contributed by atoms with Crippen LogP contribution in [0.1, 0.15) is 119 Å². The first-order valence-corrected chi connectivity index (χ1v) is 13.4. The summed E-state index contributed by atoms with van der Waals surface area (Å²) in [5, 5.41) is 19.4. The molecule has 0 saturated heterocycles. The lowest BCUT2D eigenvalue weighted by atomic mass is 9.50. The number of fused-ring (bicyclic) bond motifs is 1. The van der Waals surface area contributed by atoms with E-state index in [0.717, 1.165) is 49.4 Å². The van der Waals surface area contributed by atoms with Gasteiger partial charge in [-0.05, 0) is 104 Å². The second-order valence-corrected chi connectivity index (χ2v) is 12.4. The molecule has 0 amide bonds. The third kappa shape index (κ3) is 6.27. The van der Waals surface area contributed by atoms with Crippen LogP contribution in [-0.2, 0) is 4.79 Å². The SMILES string of the molecule is CC[C@H](C)CC1C(C(C)(C)CC[C@@H](O)CC)CC[C@@]2(C)C1CC[C@@H]2[C@H](C)CCC(=O)O. The van der Waals surface area contributed by atoms with Crippen LogP contribution in [0.5, 0.6) is 0 Å². The van der Waals surface area contributed by atoms with E-state index in [0.29, 0.717) is 23.7 Å². The van der Waals surface area contributed by atoms with E-state index in [-0.39, 0.29) is 11.5 Å². The molecule has 31 heavy (non-hydrogen) atoms. The van der Waals surface area contributed by atoms with Gasteiger partial charge in [0, 0.05) is 6.42 Å². The number of aliphatic carboxylic acids is 1. The van der Waals surface area contributed by atoms with Crippen molar-refractivity contribution in [1.82, 2.24) is 0 Å². The fourth-order valence-corrected chi connectivity index (χ4v) is 7.67. The number of rotatable bonds is 12. The average molecular weight is 437 g/mol. The fourth-order valence-electron chi connectivity index (χ4n) is 7.67. The minimum atomic E-state index is -0.652. The predicted molar refractivity (Wildman–Crippen MR) is 130 cm³/mol. The summed E-state index contributed by atoms with van der Waals surface area (Å²) in [6, 6.07) is 0. The third-order valence-electron chi connectivity index (χ3n) is 9.98. The largest absolute Gasteiger partial charge is 0.481 e. The van der Waals surface area contributed by atoms with E-state index >= 15 is 0 Å². The quantitative estimate of drug-likeness (QED) is 0.332. The van der Waals surface area contributed by atoms with Crippen molar-refractivity contribution in [3.63, 3.8) is 0 Å². The molecule has 182 valence electrons. The Morgan fingerprint density at radius 2 is 1.77 bits per heavy atom. The van der Waals surface area contributed by atoms with Gasteiger partial charge >= 0.3 is 5.97 Å². The molecule has 0 aromatic carbocycles. The first-order valence-electron chi connectivity index (χ1n) is 13.4. The number of hydrogen-bond acceptors (Lipinski definition) is 2. The molecule has 0 radical (unpaired) electrons. The van der Waals surface area contributed by atoms with Crippen LogP contribution in [0.15, 0.2) is 0 Å². The molecule has 3 unspecified atom stereocenters. The molecular formula is C28H52O3. The zero-order valence-corrected chi connectivity index (χ0v) is 21.6. The zero-order chi connectivity index (χ0) is 23.4. The lowest BCUT2D eigenvalue weighted by Gasteiger charge is -2.54. The van der Waals surface area contributed by atoms with E-state index in [9.17, 15) is 15.0 Å². The van der Waals surface area contributed by atoms with Crippen LogP contribution >= 0.6 is 0 Å². The van der Waals surface area contributed by atoms with Gasteiger partial charge in [-0.2, -0.15) is 0 Å². The van der Waals surface area contributed by atoms with Crippen LogP contribution in [0.2, 0.25) is 0 Å². The number of aliphatic hydroxyl groups excluding tert-OH is 1. The van der Waals surface area contributed by atoms with E-state index in [2.05, 4.69) is 48.5 Å². The maximum Gasteiger partial charge on any atom is 0.303 e. The molecule has 0 aromatic rings. The molecule has 2 saturated carbocycles. The minimum Gasteiger partial charge on any atom is -0.481 e. The minimum absolute atomic E-state index is 0.160. The summed E-state index contributed by atoms with van der Waals surface area (Å²) in [6.45, 7) is 16.6. The van der Waals surface area contributed by atoms with Crippen LogP contribution in [-0.4, -0.2) is 22.3 Å². The molecule has 0 aliphatic heterocycles. The summed E-state index contributed by atoms with van der Waals surface area (Å²) in [5.41, 5.74) is 0.633. The number of aliphatic hydroxyl groups is 1. The van der Waals surface area contributed by atoms with Crippen LogP contribution < -0.4 is 0 Å². The second-order valence-electron chi connectivity index (χ2n) is 12.4. The highest BCUT2D eigenvalue weighted by molar-refractivity contribution is 5.66. The van der Waals surface area contributed by atoms with Gasteiger partial charge in [-0.25, -0.2) is 0 Å². The van der Waals surface area contributed by atoms with Crippen LogP contribution in [0, 0.1) is 46.3 Å². The predicted octanol–water partition coefficient (Wildman–Crippen LogP) is 7.56. The molecule has 8 atom stereocenters. The number of carboxylic acids is 1. The van der Waals surface area contributed by atoms with Gasteiger partial charge in [-0.15, -0.1) is 0 Å². The van der Waals surface area contributed by atoms with Crippen molar-refractivity contribution < 1.29 is 15.0 Å². The van der Waals surface area contributed by atoms with Crippen molar-refractivity contribution in [2.45, 2.75) is 125 Å². The maximum absolute atomic E-state index is 11.2. The van der Waals surface area contributed by atoms with Gasteiger partial charge in [0.25, 0.3) is 0 Å². The van der Waals surface area contributed by atoms with Crippen molar-refractivity contribution in [3.05, 3.63) is 0 Å².